The second kappa shape index (κ2) is 8.09. The smallest absolute Gasteiger partial charge is 0.313 e. The van der Waals surface area contributed by atoms with Crippen LogP contribution in [0.1, 0.15) is 11.1 Å². The number of halogens is 2. The van der Waals surface area contributed by atoms with Crippen molar-refractivity contribution in [2.45, 2.75) is 13.8 Å². The molecule has 0 unspecified atom stereocenters. The SMILES string of the molecule is COc1cc(C)c(F)cc1N.COc1cc(C)c(F)cc1[N+](=O)[O-]. The van der Waals surface area contributed by atoms with Gasteiger partial charge in [-0.3, -0.25) is 10.1 Å². The summed E-state index contributed by atoms with van der Waals surface area (Å²) in [7, 11) is 2.81. The Hall–Kier alpha value is -2.90. The summed E-state index contributed by atoms with van der Waals surface area (Å²) in [5.41, 5.74) is 6.27. The highest BCUT2D eigenvalue weighted by Gasteiger charge is 2.17. The largest absolute Gasteiger partial charge is 0.495 e. The first-order valence-corrected chi connectivity index (χ1v) is 6.79. The molecule has 0 saturated heterocycles. The van der Waals surface area contributed by atoms with Gasteiger partial charge in [-0.15, -0.1) is 0 Å². The molecule has 130 valence electrons. The van der Waals surface area contributed by atoms with E-state index in [2.05, 4.69) is 0 Å². The summed E-state index contributed by atoms with van der Waals surface area (Å²) in [5, 5.41) is 10.4. The third-order valence-electron chi connectivity index (χ3n) is 3.17. The minimum atomic E-state index is -0.679. The lowest BCUT2D eigenvalue weighted by atomic mass is 10.2. The molecule has 24 heavy (non-hydrogen) atoms. The van der Waals surface area contributed by atoms with E-state index in [1.165, 1.54) is 33.3 Å². The zero-order valence-corrected chi connectivity index (χ0v) is 13.7. The molecule has 0 aliphatic carbocycles. The summed E-state index contributed by atoms with van der Waals surface area (Å²) in [6.07, 6.45) is 0. The van der Waals surface area contributed by atoms with Crippen LogP contribution < -0.4 is 15.2 Å². The van der Waals surface area contributed by atoms with E-state index in [9.17, 15) is 18.9 Å². The van der Waals surface area contributed by atoms with E-state index in [1.807, 2.05) is 0 Å². The van der Waals surface area contributed by atoms with Crippen molar-refractivity contribution < 1.29 is 23.2 Å². The molecular formula is C16H18F2N2O4. The average molecular weight is 340 g/mol. The highest BCUT2D eigenvalue weighted by molar-refractivity contribution is 5.54. The van der Waals surface area contributed by atoms with Gasteiger partial charge in [0.15, 0.2) is 5.75 Å². The van der Waals surface area contributed by atoms with E-state index in [0.717, 1.165) is 6.07 Å². The molecule has 0 aliphatic rings. The molecule has 8 heteroatoms. The van der Waals surface area contributed by atoms with E-state index < -0.39 is 10.7 Å². The van der Waals surface area contributed by atoms with E-state index in [0.29, 0.717) is 22.6 Å². The summed E-state index contributed by atoms with van der Waals surface area (Å²) in [4.78, 5) is 9.72. The molecule has 0 radical (unpaired) electrons. The minimum absolute atomic E-state index is 0.0731. The lowest BCUT2D eigenvalue weighted by Crippen LogP contribution is -1.96. The summed E-state index contributed by atoms with van der Waals surface area (Å²) in [6, 6.07) is 4.99. The van der Waals surface area contributed by atoms with Crippen LogP contribution in [0.4, 0.5) is 20.2 Å². The highest BCUT2D eigenvalue weighted by Crippen LogP contribution is 2.29. The summed E-state index contributed by atoms with van der Waals surface area (Å²) < 4.78 is 35.3. The molecule has 2 N–H and O–H groups in total. The fraction of sp³-hybridized carbons (Fsp3) is 0.250. The Kier molecular flexibility index (Phi) is 6.46. The maximum Gasteiger partial charge on any atom is 0.313 e. The number of methoxy groups -OCH3 is 2. The van der Waals surface area contributed by atoms with Crippen LogP contribution in [-0.2, 0) is 0 Å². The van der Waals surface area contributed by atoms with Gasteiger partial charge in [0.1, 0.15) is 17.4 Å². The molecule has 0 amide bonds. The van der Waals surface area contributed by atoms with Crippen molar-refractivity contribution in [3.63, 3.8) is 0 Å². The Balaban J connectivity index is 0.000000243. The highest BCUT2D eigenvalue weighted by atomic mass is 19.1. The number of nitrogens with zero attached hydrogens (tertiary/aromatic N) is 1. The molecule has 0 heterocycles. The molecule has 0 bridgehead atoms. The van der Waals surface area contributed by atoms with Crippen molar-refractivity contribution in [1.29, 1.82) is 0 Å². The first-order chi connectivity index (χ1) is 11.2. The number of nitro benzene ring substituents is 1. The van der Waals surface area contributed by atoms with E-state index in [1.54, 1.807) is 13.0 Å². The van der Waals surface area contributed by atoms with Crippen molar-refractivity contribution in [1.82, 2.24) is 0 Å². The molecule has 0 aliphatic heterocycles. The minimum Gasteiger partial charge on any atom is -0.495 e. The molecule has 0 aromatic heterocycles. The van der Waals surface area contributed by atoms with Gasteiger partial charge in [0, 0.05) is 6.07 Å². The van der Waals surface area contributed by atoms with Gasteiger partial charge in [0.25, 0.3) is 0 Å². The number of hydrogen-bond acceptors (Lipinski definition) is 5. The first kappa shape index (κ1) is 19.1. The van der Waals surface area contributed by atoms with Crippen molar-refractivity contribution in [2.75, 3.05) is 20.0 Å². The lowest BCUT2D eigenvalue weighted by Gasteiger charge is -2.05. The molecule has 0 saturated carbocycles. The van der Waals surface area contributed by atoms with Crippen LogP contribution in [0.3, 0.4) is 0 Å². The van der Waals surface area contributed by atoms with Crippen molar-refractivity contribution in [3.05, 3.63) is 57.1 Å². The molecule has 2 rings (SSSR count). The Bertz CT molecular complexity index is 751. The second-order valence-electron chi connectivity index (χ2n) is 4.87. The van der Waals surface area contributed by atoms with Gasteiger partial charge in [0.2, 0.25) is 0 Å². The number of rotatable bonds is 3. The molecule has 2 aromatic rings. The van der Waals surface area contributed by atoms with Crippen molar-refractivity contribution in [3.8, 4) is 11.5 Å². The van der Waals surface area contributed by atoms with Gasteiger partial charge in [-0.25, -0.2) is 8.78 Å². The predicted octanol–water partition coefficient (Wildman–Crippen LogP) is 3.78. The molecule has 0 fully saturated rings. The summed E-state index contributed by atoms with van der Waals surface area (Å²) in [5.74, 6) is -0.316. The maximum absolute atomic E-state index is 12.9. The number of ether oxygens (including phenoxy) is 2. The van der Waals surface area contributed by atoms with E-state index in [4.69, 9.17) is 15.2 Å². The Morgan fingerprint density at radius 3 is 1.88 bits per heavy atom. The van der Waals surface area contributed by atoms with E-state index >= 15 is 0 Å². The van der Waals surface area contributed by atoms with Crippen LogP contribution in [0.2, 0.25) is 0 Å². The van der Waals surface area contributed by atoms with Crippen LogP contribution >= 0.6 is 0 Å². The van der Waals surface area contributed by atoms with Crippen LogP contribution in [0.5, 0.6) is 11.5 Å². The number of hydrogen-bond donors (Lipinski definition) is 1. The van der Waals surface area contributed by atoms with Gasteiger partial charge < -0.3 is 15.2 Å². The summed E-state index contributed by atoms with van der Waals surface area (Å²) in [6.45, 7) is 3.18. The van der Waals surface area contributed by atoms with Gasteiger partial charge in [-0.05, 0) is 37.1 Å². The van der Waals surface area contributed by atoms with Gasteiger partial charge >= 0.3 is 5.69 Å². The maximum atomic E-state index is 12.9. The third-order valence-corrected chi connectivity index (χ3v) is 3.17. The monoisotopic (exact) mass is 340 g/mol. The Morgan fingerprint density at radius 2 is 1.42 bits per heavy atom. The predicted molar refractivity (Wildman–Crippen MR) is 86.4 cm³/mol. The van der Waals surface area contributed by atoms with Crippen LogP contribution in [0.25, 0.3) is 0 Å². The lowest BCUT2D eigenvalue weighted by molar-refractivity contribution is -0.386. The third kappa shape index (κ3) is 4.55. The normalized spacial score (nSPS) is 9.75. The fourth-order valence-electron chi connectivity index (χ4n) is 1.80. The zero-order chi connectivity index (χ0) is 18.4. The molecule has 0 atom stereocenters. The Morgan fingerprint density at radius 1 is 0.958 bits per heavy atom. The summed E-state index contributed by atoms with van der Waals surface area (Å²) >= 11 is 0. The van der Waals surface area contributed by atoms with Gasteiger partial charge in [-0.2, -0.15) is 0 Å². The molecule has 0 spiro atoms. The number of nitrogens with two attached hydrogens (primary N) is 1. The Labute approximate surface area is 138 Å². The number of nitrogen functional groups attached to an aromatic ring is 1. The standard InChI is InChI=1S/C8H8FNO3.C8H10FNO/c1-5-3-8(13-2)7(10(11)12)4-6(5)9;1-5-3-8(11-2)7(10)4-6(5)9/h3-4H,1-2H3;3-4H,10H2,1-2H3. The molecular weight excluding hydrogens is 322 g/mol. The fourth-order valence-corrected chi connectivity index (χ4v) is 1.80. The number of aryl methyl sites for hydroxylation is 2. The van der Waals surface area contributed by atoms with E-state index in [-0.39, 0.29) is 17.3 Å². The van der Waals surface area contributed by atoms with Crippen LogP contribution in [-0.4, -0.2) is 19.1 Å². The number of nitro groups is 1. The topological polar surface area (TPSA) is 87.6 Å². The van der Waals surface area contributed by atoms with Crippen LogP contribution in [0.15, 0.2) is 24.3 Å². The first-order valence-electron chi connectivity index (χ1n) is 6.79. The molecule has 6 nitrogen and oxygen atoms in total. The zero-order valence-electron chi connectivity index (χ0n) is 13.7. The van der Waals surface area contributed by atoms with Crippen LogP contribution in [0, 0.1) is 35.6 Å². The van der Waals surface area contributed by atoms with Crippen molar-refractivity contribution in [2.24, 2.45) is 0 Å². The average Bonchev–Trinajstić information content (AvgIpc) is 2.53. The number of benzene rings is 2. The van der Waals surface area contributed by atoms with Gasteiger partial charge in [-0.1, -0.05) is 0 Å². The molecule has 2 aromatic carbocycles. The van der Waals surface area contributed by atoms with Crippen molar-refractivity contribution >= 4 is 11.4 Å². The van der Waals surface area contributed by atoms with Gasteiger partial charge in [0.05, 0.1) is 30.9 Å². The number of anilines is 1. The second-order valence-corrected chi connectivity index (χ2v) is 4.87. The quantitative estimate of drug-likeness (QED) is 0.522.